The highest BCUT2D eigenvalue weighted by atomic mass is 16.5. The molecular weight excluding hydrogens is 116 g/mol. The van der Waals surface area contributed by atoms with E-state index in [2.05, 4.69) is 5.43 Å². The van der Waals surface area contributed by atoms with Crippen LogP contribution in [-0.4, -0.2) is 18.8 Å². The van der Waals surface area contributed by atoms with Crippen molar-refractivity contribution in [3.8, 4) is 0 Å². The van der Waals surface area contributed by atoms with Gasteiger partial charge in [-0.25, -0.2) is 0 Å². The van der Waals surface area contributed by atoms with Crippen molar-refractivity contribution in [1.82, 2.24) is 11.3 Å². The lowest BCUT2D eigenvalue weighted by atomic mass is 10.0. The van der Waals surface area contributed by atoms with Crippen molar-refractivity contribution >= 4 is 0 Å². The Morgan fingerprint density at radius 2 is 2.00 bits per heavy atom. The first-order chi connectivity index (χ1) is 4.04. The van der Waals surface area contributed by atoms with Crippen LogP contribution in [0.4, 0.5) is 0 Å². The first-order valence-electron chi connectivity index (χ1n) is 2.94. The third-order valence-electron chi connectivity index (χ3n) is 1.71. The van der Waals surface area contributed by atoms with Gasteiger partial charge in [-0.1, -0.05) is 0 Å². The lowest BCUT2D eigenvalue weighted by Gasteiger charge is -2.19. The molecule has 0 fully saturated rings. The second-order valence-corrected chi connectivity index (χ2v) is 2.60. The fraction of sp³-hybridized carbons (Fsp3) is 1.00. The Morgan fingerprint density at radius 3 is 2.11 bits per heavy atom. The van der Waals surface area contributed by atoms with Gasteiger partial charge in [-0.05, 0) is 13.8 Å². The number of hydrogen-bond donors (Lipinski definition) is 0. The predicted molar refractivity (Wildman–Crippen MR) is 34.8 cm³/mol. The van der Waals surface area contributed by atoms with Gasteiger partial charge in [0.05, 0.1) is 0 Å². The fourth-order valence-corrected chi connectivity index (χ4v) is 0.310. The molecule has 9 heavy (non-hydrogen) atoms. The highest BCUT2D eigenvalue weighted by molar-refractivity contribution is 4.78. The fourth-order valence-electron chi connectivity index (χ4n) is 0.310. The largest absolute Gasteiger partial charge is 0.372 e. The standard InChI is InChI=1S/C6H13N2O/c1-5(8-7)6(2,3)9-4/h5H,1-4H3/q+1. The minimum atomic E-state index is -0.366. The average Bonchev–Trinajstić information content (AvgIpc) is 1.86. The van der Waals surface area contributed by atoms with E-state index in [0.29, 0.717) is 0 Å². The van der Waals surface area contributed by atoms with Gasteiger partial charge < -0.3 is 4.74 Å². The second-order valence-electron chi connectivity index (χ2n) is 2.60. The van der Waals surface area contributed by atoms with E-state index < -0.39 is 0 Å². The van der Waals surface area contributed by atoms with Crippen LogP contribution in [0, 0.1) is 0 Å². The maximum Gasteiger partial charge on any atom is 0.265 e. The van der Waals surface area contributed by atoms with Gasteiger partial charge in [-0.2, -0.15) is 0 Å². The van der Waals surface area contributed by atoms with Gasteiger partial charge >= 0.3 is 0 Å². The molecular formula is C6H13N2O+. The zero-order valence-corrected chi connectivity index (χ0v) is 6.38. The third kappa shape index (κ3) is 2.30. The maximum absolute atomic E-state index is 8.35. The molecule has 0 saturated carbocycles. The van der Waals surface area contributed by atoms with E-state index in [0.717, 1.165) is 0 Å². The van der Waals surface area contributed by atoms with E-state index >= 15 is 0 Å². The minimum absolute atomic E-state index is 0.178. The first-order valence-corrected chi connectivity index (χ1v) is 2.94. The van der Waals surface area contributed by atoms with Crippen LogP contribution in [0.3, 0.4) is 0 Å². The van der Waals surface area contributed by atoms with Gasteiger partial charge in [0, 0.05) is 14.0 Å². The smallest absolute Gasteiger partial charge is 0.265 e. The molecule has 0 aliphatic heterocycles. The molecule has 0 bridgehead atoms. The zero-order chi connectivity index (χ0) is 7.49. The number of nitrogens with zero attached hydrogens (tertiary/aromatic N) is 2. The van der Waals surface area contributed by atoms with E-state index in [1.807, 2.05) is 13.8 Å². The zero-order valence-electron chi connectivity index (χ0n) is 6.38. The van der Waals surface area contributed by atoms with Crippen molar-refractivity contribution in [3.05, 3.63) is 0 Å². The van der Waals surface area contributed by atoms with Crippen molar-refractivity contribution < 1.29 is 4.74 Å². The molecule has 3 heteroatoms. The molecule has 0 aliphatic rings. The molecule has 1 unspecified atom stereocenters. The number of ether oxygens (including phenoxy) is 1. The lowest BCUT2D eigenvalue weighted by Crippen LogP contribution is -2.41. The van der Waals surface area contributed by atoms with Crippen LogP contribution in [-0.2, 0) is 4.74 Å². The Morgan fingerprint density at radius 1 is 1.56 bits per heavy atom. The van der Waals surface area contributed by atoms with Gasteiger partial charge in [-0.3, -0.25) is 0 Å². The maximum atomic E-state index is 8.35. The van der Waals surface area contributed by atoms with E-state index in [1.165, 1.54) is 0 Å². The van der Waals surface area contributed by atoms with E-state index in [4.69, 9.17) is 10.6 Å². The Balaban J connectivity index is 3.80. The van der Waals surface area contributed by atoms with Crippen molar-refractivity contribution in [2.24, 2.45) is 0 Å². The lowest BCUT2D eigenvalue weighted by molar-refractivity contribution is -0.00673. The summed E-state index contributed by atoms with van der Waals surface area (Å²) < 4.78 is 5.04. The Bertz CT molecular complexity index is 83.1. The summed E-state index contributed by atoms with van der Waals surface area (Å²) >= 11 is 0. The van der Waals surface area contributed by atoms with Gasteiger partial charge in [0.25, 0.3) is 11.9 Å². The normalized spacial score (nSPS) is 15.7. The van der Waals surface area contributed by atoms with E-state index in [1.54, 1.807) is 14.0 Å². The Labute approximate surface area is 56.5 Å². The molecule has 0 amide bonds. The molecule has 1 atom stereocenters. The molecule has 0 aromatic rings. The van der Waals surface area contributed by atoms with Crippen LogP contribution in [0.2, 0.25) is 0 Å². The van der Waals surface area contributed by atoms with Gasteiger partial charge in [0.1, 0.15) is 5.60 Å². The molecule has 3 nitrogen and oxygen atoms in total. The van der Waals surface area contributed by atoms with Crippen molar-refractivity contribution in [2.75, 3.05) is 7.11 Å². The van der Waals surface area contributed by atoms with Gasteiger partial charge in [0.15, 0.2) is 0 Å². The van der Waals surface area contributed by atoms with Crippen LogP contribution in [0.25, 0.3) is 0 Å². The van der Waals surface area contributed by atoms with Crippen molar-refractivity contribution in [2.45, 2.75) is 32.4 Å². The molecule has 0 spiro atoms. The summed E-state index contributed by atoms with van der Waals surface area (Å²) in [6, 6.07) is -0.178. The number of hydrogen-bond acceptors (Lipinski definition) is 1. The summed E-state index contributed by atoms with van der Waals surface area (Å²) in [6.07, 6.45) is 0. The molecule has 0 N–H and O–H groups in total. The summed E-state index contributed by atoms with van der Waals surface area (Å²) in [6.45, 7) is 5.54. The second kappa shape index (κ2) is 3.15. The summed E-state index contributed by atoms with van der Waals surface area (Å²) in [5, 5.41) is 0. The summed E-state index contributed by atoms with van der Waals surface area (Å²) in [7, 11) is 1.60. The predicted octanol–water partition coefficient (Wildman–Crippen LogP) is 0.388. The van der Waals surface area contributed by atoms with E-state index in [-0.39, 0.29) is 11.6 Å². The Kier molecular flexibility index (Phi) is 3.11. The summed E-state index contributed by atoms with van der Waals surface area (Å²) in [5.41, 5.74) is 2.74. The topological polar surface area (TPSA) is 45.6 Å². The van der Waals surface area contributed by atoms with Gasteiger partial charge in [-0.15, -0.1) is 0 Å². The van der Waals surface area contributed by atoms with Crippen molar-refractivity contribution in [3.63, 3.8) is 0 Å². The van der Waals surface area contributed by atoms with Crippen LogP contribution in [0.15, 0.2) is 0 Å². The molecule has 0 aliphatic carbocycles. The van der Waals surface area contributed by atoms with Crippen LogP contribution in [0.1, 0.15) is 20.8 Å². The SMILES string of the molecule is COC(C)(C)C(C)[N+][N]. The highest BCUT2D eigenvalue weighted by Gasteiger charge is 2.35. The molecule has 52 valence electrons. The van der Waals surface area contributed by atoms with Gasteiger partial charge in [0.2, 0.25) is 5.43 Å². The quantitative estimate of drug-likeness (QED) is 0.508. The van der Waals surface area contributed by atoms with Crippen molar-refractivity contribution in [1.29, 1.82) is 0 Å². The highest BCUT2D eigenvalue weighted by Crippen LogP contribution is 2.12. The molecule has 0 rings (SSSR count). The van der Waals surface area contributed by atoms with E-state index in [9.17, 15) is 0 Å². The third-order valence-corrected chi connectivity index (χ3v) is 1.71. The monoisotopic (exact) mass is 129 g/mol. The summed E-state index contributed by atoms with van der Waals surface area (Å²) in [4.78, 5) is 0. The first kappa shape index (κ1) is 8.88. The molecule has 0 aromatic carbocycles. The van der Waals surface area contributed by atoms with Crippen LogP contribution in [0.5, 0.6) is 0 Å². The number of methoxy groups -OCH3 is 1. The molecule has 0 aromatic heterocycles. The molecule has 0 saturated heterocycles. The van der Waals surface area contributed by atoms with Crippen LogP contribution < -0.4 is 11.3 Å². The Hall–Kier alpha value is -0.120. The summed E-state index contributed by atoms with van der Waals surface area (Å²) in [5.74, 6) is 8.35. The molecule has 0 heterocycles. The average molecular weight is 129 g/mol. The minimum Gasteiger partial charge on any atom is -0.372 e. The van der Waals surface area contributed by atoms with Crippen LogP contribution >= 0.6 is 0 Å². The number of rotatable bonds is 3. The molecule has 4 radical (unpaired) electrons.